The molecule has 0 radical (unpaired) electrons. The van der Waals surface area contributed by atoms with Gasteiger partial charge in [-0.15, -0.1) is 0 Å². The Kier molecular flexibility index (Phi) is 8.01. The van der Waals surface area contributed by atoms with Crippen LogP contribution in [-0.2, 0) is 43.6 Å². The lowest BCUT2D eigenvalue weighted by Gasteiger charge is -2.31. The van der Waals surface area contributed by atoms with Gasteiger partial charge in [0, 0.05) is 30.8 Å². The lowest BCUT2D eigenvalue weighted by Crippen LogP contribution is -2.34. The van der Waals surface area contributed by atoms with Gasteiger partial charge in [-0.2, -0.15) is 13.2 Å². The number of ether oxygens (including phenoxy) is 2. The van der Waals surface area contributed by atoms with Crippen LogP contribution in [0, 0.1) is 5.82 Å². The summed E-state index contributed by atoms with van der Waals surface area (Å²) < 4.78 is 95.1. The summed E-state index contributed by atoms with van der Waals surface area (Å²) in [6, 6.07) is 9.80. The normalized spacial score (nSPS) is 17.1. The minimum absolute atomic E-state index is 0.0291. The number of nitrogens with zero attached hydrogens (tertiary/aromatic N) is 3. The van der Waals surface area contributed by atoms with Crippen molar-refractivity contribution in [3.8, 4) is 5.75 Å². The number of rotatable bonds is 9. The SMILES string of the molecule is O=C(O)c1ccc2nc(CN3CCc4cc(C(F)(F)F)c(OCc5ccc(C(F)F)cc5F)cc4C3)n(C[C@@H]3CCO3)c2c1. The zero-order valence-corrected chi connectivity index (χ0v) is 23.2. The van der Waals surface area contributed by atoms with E-state index in [4.69, 9.17) is 14.5 Å². The lowest BCUT2D eigenvalue weighted by molar-refractivity contribution is -0.139. The number of aromatic nitrogens is 2. The molecule has 0 unspecified atom stereocenters. The van der Waals surface area contributed by atoms with E-state index >= 15 is 0 Å². The van der Waals surface area contributed by atoms with Crippen LogP contribution in [0.2, 0.25) is 0 Å². The molecule has 0 bridgehead atoms. The van der Waals surface area contributed by atoms with Crippen LogP contribution in [0.4, 0.5) is 26.3 Å². The fraction of sp³-hybridized carbons (Fsp3) is 0.355. The van der Waals surface area contributed by atoms with Gasteiger partial charge in [-0.05, 0) is 60.4 Å². The van der Waals surface area contributed by atoms with E-state index in [0.29, 0.717) is 66.7 Å². The average Bonchev–Trinajstić information content (AvgIpc) is 3.28. The second-order valence-electron chi connectivity index (χ2n) is 10.9. The number of imidazole rings is 1. The van der Waals surface area contributed by atoms with Gasteiger partial charge in [0.25, 0.3) is 6.43 Å². The van der Waals surface area contributed by atoms with Gasteiger partial charge in [0.2, 0.25) is 0 Å². The Balaban J connectivity index is 1.26. The average molecular weight is 620 g/mol. The fourth-order valence-electron chi connectivity index (χ4n) is 5.56. The largest absolute Gasteiger partial charge is 0.488 e. The second kappa shape index (κ2) is 11.8. The van der Waals surface area contributed by atoms with Crippen LogP contribution in [0.25, 0.3) is 11.0 Å². The number of carboxylic acid groups (broad SMARTS) is 1. The van der Waals surface area contributed by atoms with Crippen LogP contribution < -0.4 is 4.74 Å². The summed E-state index contributed by atoms with van der Waals surface area (Å²) in [5, 5.41) is 9.49. The Morgan fingerprint density at radius 1 is 1.11 bits per heavy atom. The molecule has 4 aromatic rings. The van der Waals surface area contributed by atoms with Crippen LogP contribution in [-0.4, -0.2) is 44.8 Å². The number of aromatic carboxylic acids is 1. The molecule has 7 nitrogen and oxygen atoms in total. The number of alkyl halides is 5. The minimum atomic E-state index is -4.73. The zero-order valence-electron chi connectivity index (χ0n) is 23.2. The molecule has 2 aliphatic heterocycles. The molecule has 0 saturated carbocycles. The number of halogens is 6. The van der Waals surface area contributed by atoms with E-state index in [0.717, 1.165) is 24.6 Å². The Morgan fingerprint density at radius 2 is 1.91 bits per heavy atom. The van der Waals surface area contributed by atoms with Crippen molar-refractivity contribution in [3.63, 3.8) is 0 Å². The third-order valence-electron chi connectivity index (χ3n) is 8.03. The van der Waals surface area contributed by atoms with Gasteiger partial charge in [-0.25, -0.2) is 22.9 Å². The number of carboxylic acids is 1. The number of benzene rings is 3. The summed E-state index contributed by atoms with van der Waals surface area (Å²) in [5.74, 6) is -1.86. The molecule has 0 aliphatic carbocycles. The van der Waals surface area contributed by atoms with Crippen LogP contribution in [0.15, 0.2) is 48.5 Å². The molecule has 232 valence electrons. The molecule has 0 spiro atoms. The third-order valence-corrected chi connectivity index (χ3v) is 8.03. The summed E-state index contributed by atoms with van der Waals surface area (Å²) in [4.78, 5) is 18.4. The van der Waals surface area contributed by atoms with Gasteiger partial charge in [0.1, 0.15) is 24.0 Å². The first kappa shape index (κ1) is 29.9. The van der Waals surface area contributed by atoms with Gasteiger partial charge in [-0.3, -0.25) is 4.90 Å². The monoisotopic (exact) mass is 619 g/mol. The molecule has 13 heteroatoms. The molecule has 2 aliphatic rings. The van der Waals surface area contributed by atoms with E-state index in [1.807, 2.05) is 9.47 Å². The summed E-state index contributed by atoms with van der Waals surface area (Å²) in [6.07, 6.45) is -6.46. The number of hydrogen-bond acceptors (Lipinski definition) is 5. The predicted octanol–water partition coefficient (Wildman–Crippen LogP) is 6.76. The van der Waals surface area contributed by atoms with E-state index in [1.165, 1.54) is 12.1 Å². The maximum Gasteiger partial charge on any atom is 0.419 e. The highest BCUT2D eigenvalue weighted by Gasteiger charge is 2.36. The van der Waals surface area contributed by atoms with Crippen LogP contribution in [0.3, 0.4) is 0 Å². The minimum Gasteiger partial charge on any atom is -0.488 e. The molecule has 0 amide bonds. The topological polar surface area (TPSA) is 76.8 Å². The molecule has 6 rings (SSSR count). The molecule has 1 aromatic heterocycles. The molecular formula is C31H27F6N3O4. The summed E-state index contributed by atoms with van der Waals surface area (Å²) in [5.41, 5.74) is 0.847. The summed E-state index contributed by atoms with van der Waals surface area (Å²) in [7, 11) is 0. The van der Waals surface area contributed by atoms with E-state index in [9.17, 15) is 36.2 Å². The maximum atomic E-state index is 14.4. The Hall–Kier alpha value is -4.10. The lowest BCUT2D eigenvalue weighted by atomic mass is 9.96. The number of hydrogen-bond donors (Lipinski definition) is 1. The summed E-state index contributed by atoms with van der Waals surface area (Å²) >= 11 is 0. The van der Waals surface area contributed by atoms with Gasteiger partial charge in [0.15, 0.2) is 0 Å². The standard InChI is InChI=1S/C31H27F6N3O4/c32-24-10-18(29(33)34)1-2-20(24)16-44-27-12-21-13-39(7-5-17(21)9-23(27)31(35,36)37)15-28-38-25-4-3-19(30(41)42)11-26(25)40(28)14-22-6-8-43-22/h1-4,9-12,22,29H,5-8,13-16H2,(H,41,42)/t22-/m0/s1. The molecule has 44 heavy (non-hydrogen) atoms. The maximum absolute atomic E-state index is 14.4. The molecule has 1 fully saturated rings. The quantitative estimate of drug-likeness (QED) is 0.209. The van der Waals surface area contributed by atoms with Gasteiger partial charge >= 0.3 is 12.1 Å². The molecule has 1 saturated heterocycles. The Bertz CT molecular complexity index is 1720. The van der Waals surface area contributed by atoms with E-state index in [-0.39, 0.29) is 23.8 Å². The van der Waals surface area contributed by atoms with Crippen LogP contribution >= 0.6 is 0 Å². The molecule has 3 aromatic carbocycles. The highest BCUT2D eigenvalue weighted by molar-refractivity contribution is 5.92. The van der Waals surface area contributed by atoms with Gasteiger partial charge in [-0.1, -0.05) is 12.1 Å². The van der Waals surface area contributed by atoms with Crippen molar-refractivity contribution in [1.82, 2.24) is 14.5 Å². The van der Waals surface area contributed by atoms with Gasteiger partial charge < -0.3 is 19.1 Å². The van der Waals surface area contributed by atoms with Crippen molar-refractivity contribution in [2.75, 3.05) is 13.2 Å². The predicted molar refractivity (Wildman–Crippen MR) is 146 cm³/mol. The second-order valence-corrected chi connectivity index (χ2v) is 10.9. The van der Waals surface area contributed by atoms with Crippen LogP contribution in [0.1, 0.15) is 56.8 Å². The first-order valence-corrected chi connectivity index (χ1v) is 13.9. The Morgan fingerprint density at radius 3 is 2.57 bits per heavy atom. The number of fused-ring (bicyclic) bond motifs is 2. The van der Waals surface area contributed by atoms with E-state index < -0.39 is 47.9 Å². The molecular weight excluding hydrogens is 592 g/mol. The van der Waals surface area contributed by atoms with Crippen molar-refractivity contribution in [2.24, 2.45) is 0 Å². The van der Waals surface area contributed by atoms with Crippen molar-refractivity contribution in [1.29, 1.82) is 0 Å². The van der Waals surface area contributed by atoms with E-state index in [2.05, 4.69) is 0 Å². The summed E-state index contributed by atoms with van der Waals surface area (Å²) in [6.45, 7) is 1.64. The van der Waals surface area contributed by atoms with Crippen molar-refractivity contribution >= 4 is 17.0 Å². The highest BCUT2D eigenvalue weighted by Crippen LogP contribution is 2.40. The fourth-order valence-corrected chi connectivity index (χ4v) is 5.56. The highest BCUT2D eigenvalue weighted by atomic mass is 19.4. The van der Waals surface area contributed by atoms with Crippen molar-refractivity contribution in [3.05, 3.63) is 93.6 Å². The molecule has 1 N–H and O–H groups in total. The third kappa shape index (κ3) is 6.11. The van der Waals surface area contributed by atoms with Crippen molar-refractivity contribution < 1.29 is 45.7 Å². The Labute approximate surface area is 247 Å². The van der Waals surface area contributed by atoms with Gasteiger partial charge in [0.05, 0.1) is 41.4 Å². The van der Waals surface area contributed by atoms with E-state index in [1.54, 1.807) is 12.1 Å². The molecule has 1 atom stereocenters. The molecule has 3 heterocycles. The van der Waals surface area contributed by atoms with Crippen molar-refractivity contribution in [2.45, 2.75) is 57.8 Å². The first-order chi connectivity index (χ1) is 21.0. The smallest absolute Gasteiger partial charge is 0.419 e. The first-order valence-electron chi connectivity index (χ1n) is 13.9. The number of carbonyl (C=O) groups is 1. The van der Waals surface area contributed by atoms with Crippen LogP contribution in [0.5, 0.6) is 5.75 Å². The zero-order chi connectivity index (χ0) is 31.2.